The van der Waals surface area contributed by atoms with E-state index in [4.69, 9.17) is 10.5 Å². The smallest absolute Gasteiger partial charge is 0.229 e. The highest BCUT2D eigenvalue weighted by Crippen LogP contribution is 2.39. The van der Waals surface area contributed by atoms with Gasteiger partial charge >= 0.3 is 0 Å². The first kappa shape index (κ1) is 15.8. The van der Waals surface area contributed by atoms with Gasteiger partial charge in [-0.05, 0) is 36.2 Å². The standard InChI is InChI=1S/C16H19N3O3S/c1-22-16-6-4-11(19-23(2,20)21)7-13(16)15-5-3-10(9-18-15)12-8-14(12)17/h3-7,9,12,14,19H,8,17H2,1-2H3/t12-,14+/m0/s1. The lowest BCUT2D eigenvalue weighted by Crippen LogP contribution is -2.09. The van der Waals surface area contributed by atoms with Gasteiger partial charge in [0, 0.05) is 29.4 Å². The summed E-state index contributed by atoms with van der Waals surface area (Å²) in [6.45, 7) is 0. The highest BCUT2D eigenvalue weighted by molar-refractivity contribution is 7.92. The topological polar surface area (TPSA) is 94.3 Å². The summed E-state index contributed by atoms with van der Waals surface area (Å²) < 4.78 is 30.6. The van der Waals surface area contributed by atoms with Crippen LogP contribution in [0.4, 0.5) is 5.69 Å². The van der Waals surface area contributed by atoms with E-state index in [-0.39, 0.29) is 6.04 Å². The van der Waals surface area contributed by atoms with Gasteiger partial charge in [-0.15, -0.1) is 0 Å². The van der Waals surface area contributed by atoms with Gasteiger partial charge in [-0.1, -0.05) is 6.07 Å². The van der Waals surface area contributed by atoms with Crippen LogP contribution in [0.1, 0.15) is 17.9 Å². The monoisotopic (exact) mass is 333 g/mol. The molecule has 0 saturated heterocycles. The zero-order valence-corrected chi connectivity index (χ0v) is 13.8. The summed E-state index contributed by atoms with van der Waals surface area (Å²) in [5, 5.41) is 0. The van der Waals surface area contributed by atoms with Gasteiger partial charge in [0.25, 0.3) is 0 Å². The third-order valence-electron chi connectivity index (χ3n) is 3.83. The van der Waals surface area contributed by atoms with Gasteiger partial charge in [-0.3, -0.25) is 9.71 Å². The van der Waals surface area contributed by atoms with Gasteiger partial charge in [0.2, 0.25) is 10.0 Å². The van der Waals surface area contributed by atoms with Gasteiger partial charge in [-0.2, -0.15) is 0 Å². The van der Waals surface area contributed by atoms with Crippen molar-refractivity contribution in [1.29, 1.82) is 0 Å². The van der Waals surface area contributed by atoms with Crippen LogP contribution >= 0.6 is 0 Å². The maximum absolute atomic E-state index is 11.4. The van der Waals surface area contributed by atoms with Crippen molar-refractivity contribution >= 4 is 15.7 Å². The second-order valence-corrected chi connectivity index (χ2v) is 7.52. The number of hydrogen-bond donors (Lipinski definition) is 2. The number of sulfonamides is 1. The second kappa shape index (κ2) is 5.82. The number of nitrogens with one attached hydrogen (secondary N) is 1. The van der Waals surface area contributed by atoms with E-state index >= 15 is 0 Å². The average Bonchev–Trinajstić information content (AvgIpc) is 3.23. The third kappa shape index (κ3) is 3.62. The molecular formula is C16H19N3O3S. The molecule has 0 radical (unpaired) electrons. The van der Waals surface area contributed by atoms with Gasteiger partial charge in [-0.25, -0.2) is 8.42 Å². The fourth-order valence-electron chi connectivity index (χ4n) is 2.57. The van der Waals surface area contributed by atoms with Crippen molar-refractivity contribution in [3.63, 3.8) is 0 Å². The van der Waals surface area contributed by atoms with Crippen molar-refractivity contribution < 1.29 is 13.2 Å². The lowest BCUT2D eigenvalue weighted by Gasteiger charge is -2.11. The van der Waals surface area contributed by atoms with E-state index in [1.54, 1.807) is 25.3 Å². The number of ether oxygens (including phenoxy) is 1. The highest BCUT2D eigenvalue weighted by Gasteiger charge is 2.34. The Labute approximate surface area is 135 Å². The van der Waals surface area contributed by atoms with E-state index in [1.807, 2.05) is 18.3 Å². The Hall–Kier alpha value is -2.12. The first-order valence-corrected chi connectivity index (χ1v) is 9.14. The maximum atomic E-state index is 11.4. The van der Waals surface area contributed by atoms with Crippen LogP contribution in [0.5, 0.6) is 5.75 Å². The van der Waals surface area contributed by atoms with Crippen LogP contribution < -0.4 is 15.2 Å². The van der Waals surface area contributed by atoms with Crippen molar-refractivity contribution in [1.82, 2.24) is 4.98 Å². The Morgan fingerprint density at radius 3 is 2.57 bits per heavy atom. The number of methoxy groups -OCH3 is 1. The van der Waals surface area contributed by atoms with Crippen molar-refractivity contribution in [2.45, 2.75) is 18.4 Å². The van der Waals surface area contributed by atoms with Crippen LogP contribution in [0.25, 0.3) is 11.3 Å². The van der Waals surface area contributed by atoms with Crippen molar-refractivity contribution in [3.8, 4) is 17.0 Å². The highest BCUT2D eigenvalue weighted by atomic mass is 32.2. The summed E-state index contributed by atoms with van der Waals surface area (Å²) in [6.07, 6.45) is 3.93. The van der Waals surface area contributed by atoms with E-state index in [0.717, 1.165) is 29.5 Å². The van der Waals surface area contributed by atoms with E-state index in [9.17, 15) is 8.42 Å². The number of nitrogens with two attached hydrogens (primary N) is 1. The molecule has 0 unspecified atom stereocenters. The van der Waals surface area contributed by atoms with Crippen molar-refractivity contribution in [3.05, 3.63) is 42.1 Å². The molecule has 3 N–H and O–H groups in total. The number of benzene rings is 1. The molecule has 1 fully saturated rings. The van der Waals surface area contributed by atoms with Crippen molar-refractivity contribution in [2.75, 3.05) is 18.1 Å². The number of nitrogens with zero attached hydrogens (tertiary/aromatic N) is 1. The molecule has 23 heavy (non-hydrogen) atoms. The molecule has 0 aliphatic heterocycles. The zero-order valence-electron chi connectivity index (χ0n) is 13.0. The van der Waals surface area contributed by atoms with Crippen LogP contribution in [0.15, 0.2) is 36.5 Å². The number of anilines is 1. The molecule has 3 rings (SSSR count). The Morgan fingerprint density at radius 2 is 2.04 bits per heavy atom. The molecule has 2 atom stereocenters. The Balaban J connectivity index is 1.94. The van der Waals surface area contributed by atoms with Gasteiger partial charge < -0.3 is 10.5 Å². The lowest BCUT2D eigenvalue weighted by atomic mass is 10.1. The maximum Gasteiger partial charge on any atom is 0.229 e. The molecule has 0 bridgehead atoms. The van der Waals surface area contributed by atoms with E-state index in [0.29, 0.717) is 17.4 Å². The van der Waals surface area contributed by atoms with Gasteiger partial charge in [0.1, 0.15) is 5.75 Å². The van der Waals surface area contributed by atoms with Gasteiger partial charge in [0.15, 0.2) is 0 Å². The fourth-order valence-corrected chi connectivity index (χ4v) is 3.12. The van der Waals surface area contributed by atoms with E-state index < -0.39 is 10.0 Å². The number of pyridine rings is 1. The molecule has 2 aromatic rings. The van der Waals surface area contributed by atoms with Crippen LogP contribution in [0.3, 0.4) is 0 Å². The first-order chi connectivity index (χ1) is 10.9. The minimum absolute atomic E-state index is 0.236. The summed E-state index contributed by atoms with van der Waals surface area (Å²) in [7, 11) is -1.77. The Bertz CT molecular complexity index is 819. The van der Waals surface area contributed by atoms with Crippen LogP contribution in [0, 0.1) is 0 Å². The predicted octanol–water partition coefficient (Wildman–Crippen LogP) is 1.94. The molecule has 6 nitrogen and oxygen atoms in total. The molecule has 0 amide bonds. The Morgan fingerprint density at radius 1 is 1.30 bits per heavy atom. The molecule has 1 aromatic heterocycles. The number of aromatic nitrogens is 1. The number of rotatable bonds is 5. The molecular weight excluding hydrogens is 314 g/mol. The summed E-state index contributed by atoms with van der Waals surface area (Å²) >= 11 is 0. The normalized spacial score (nSPS) is 20.1. The van der Waals surface area contributed by atoms with E-state index in [2.05, 4.69) is 9.71 Å². The first-order valence-electron chi connectivity index (χ1n) is 7.25. The minimum Gasteiger partial charge on any atom is -0.496 e. The van der Waals surface area contributed by atoms with Crippen molar-refractivity contribution in [2.24, 2.45) is 5.73 Å². The zero-order chi connectivity index (χ0) is 16.6. The van der Waals surface area contributed by atoms with E-state index in [1.165, 1.54) is 0 Å². The molecule has 1 aliphatic carbocycles. The molecule has 1 aliphatic rings. The average molecular weight is 333 g/mol. The molecule has 1 saturated carbocycles. The summed E-state index contributed by atoms with van der Waals surface area (Å²) in [5.41, 5.74) is 8.91. The summed E-state index contributed by atoms with van der Waals surface area (Å²) in [5.74, 6) is 1.03. The molecule has 1 heterocycles. The third-order valence-corrected chi connectivity index (χ3v) is 4.44. The molecule has 7 heteroatoms. The molecule has 0 spiro atoms. The van der Waals surface area contributed by atoms with Crippen LogP contribution in [-0.2, 0) is 10.0 Å². The van der Waals surface area contributed by atoms with Crippen LogP contribution in [-0.4, -0.2) is 32.8 Å². The van der Waals surface area contributed by atoms with Gasteiger partial charge in [0.05, 0.1) is 19.1 Å². The second-order valence-electron chi connectivity index (χ2n) is 5.77. The molecule has 122 valence electrons. The summed E-state index contributed by atoms with van der Waals surface area (Å²) in [4.78, 5) is 4.48. The SMILES string of the molecule is COc1ccc(NS(C)(=O)=O)cc1-c1ccc([C@@H]2C[C@H]2N)cn1. The molecule has 1 aromatic carbocycles. The largest absolute Gasteiger partial charge is 0.496 e. The fraction of sp³-hybridized carbons (Fsp3) is 0.312. The predicted molar refractivity (Wildman–Crippen MR) is 90.0 cm³/mol. The summed E-state index contributed by atoms with van der Waals surface area (Å²) in [6, 6.07) is 9.24. The van der Waals surface area contributed by atoms with Crippen LogP contribution in [0.2, 0.25) is 0 Å². The quantitative estimate of drug-likeness (QED) is 0.872. The Kier molecular flexibility index (Phi) is 3.99. The number of hydrogen-bond acceptors (Lipinski definition) is 5. The lowest BCUT2D eigenvalue weighted by molar-refractivity contribution is 0.416. The minimum atomic E-state index is -3.34.